The Morgan fingerprint density at radius 2 is 2.00 bits per heavy atom. The van der Waals surface area contributed by atoms with Crippen LogP contribution in [0.2, 0.25) is 0 Å². The molecule has 2 aromatic rings. The van der Waals surface area contributed by atoms with Gasteiger partial charge in [0.05, 0.1) is 5.69 Å². The minimum atomic E-state index is 0.649. The second-order valence-electron chi connectivity index (χ2n) is 5.44. The largest absolute Gasteiger partial charge is 0.314 e. The van der Waals surface area contributed by atoms with Gasteiger partial charge < -0.3 is 5.32 Å². The average molecular weight is 271 g/mol. The first-order valence-electron chi connectivity index (χ1n) is 7.31. The van der Waals surface area contributed by atoms with Gasteiger partial charge in [0.2, 0.25) is 0 Å². The molecule has 0 radical (unpaired) electrons. The van der Waals surface area contributed by atoms with E-state index in [0.717, 1.165) is 36.8 Å². The van der Waals surface area contributed by atoms with Crippen molar-refractivity contribution in [3.63, 3.8) is 0 Å². The van der Waals surface area contributed by atoms with Crippen molar-refractivity contribution in [1.29, 1.82) is 0 Å². The van der Waals surface area contributed by atoms with Crippen molar-refractivity contribution in [3.05, 3.63) is 35.4 Å². The van der Waals surface area contributed by atoms with E-state index in [1.807, 2.05) is 10.7 Å². The lowest BCUT2D eigenvalue weighted by molar-refractivity contribution is 0.643. The quantitative estimate of drug-likeness (QED) is 0.816. The number of hydrogen-bond acceptors (Lipinski definition) is 4. The molecule has 5 heteroatoms. The maximum atomic E-state index is 4.58. The van der Waals surface area contributed by atoms with Crippen molar-refractivity contribution in [2.75, 3.05) is 6.54 Å². The molecule has 3 rings (SSSR count). The summed E-state index contributed by atoms with van der Waals surface area (Å²) in [5.74, 6) is 0.649. The molecule has 0 bridgehead atoms. The Bertz CT molecular complexity index is 571. The lowest BCUT2D eigenvalue weighted by Crippen LogP contribution is -2.18. The molecule has 0 aromatic carbocycles. The van der Waals surface area contributed by atoms with E-state index < -0.39 is 0 Å². The van der Waals surface area contributed by atoms with Crippen LogP contribution < -0.4 is 5.32 Å². The molecule has 2 heterocycles. The molecule has 0 amide bonds. The Labute approximate surface area is 119 Å². The summed E-state index contributed by atoms with van der Waals surface area (Å²) >= 11 is 0. The fourth-order valence-corrected chi connectivity index (χ4v) is 2.49. The van der Waals surface area contributed by atoms with Crippen LogP contribution >= 0.6 is 0 Å². The van der Waals surface area contributed by atoms with E-state index in [4.69, 9.17) is 0 Å². The van der Waals surface area contributed by atoms with Gasteiger partial charge in [-0.15, -0.1) is 0 Å². The summed E-state index contributed by atoms with van der Waals surface area (Å²) in [6.07, 6.45) is 8.41. The van der Waals surface area contributed by atoms with Crippen LogP contribution in [0.5, 0.6) is 0 Å². The summed E-state index contributed by atoms with van der Waals surface area (Å²) in [7, 11) is 0. The lowest BCUT2D eigenvalue weighted by Gasteiger charge is -2.04. The lowest BCUT2D eigenvalue weighted by atomic mass is 10.1. The van der Waals surface area contributed by atoms with Crippen molar-refractivity contribution in [1.82, 2.24) is 25.1 Å². The third-order valence-electron chi connectivity index (χ3n) is 3.80. The summed E-state index contributed by atoms with van der Waals surface area (Å²) < 4.78 is 1.85. The Kier molecular flexibility index (Phi) is 3.78. The smallest absolute Gasteiger partial charge is 0.250 e. The van der Waals surface area contributed by atoms with E-state index >= 15 is 0 Å². The third kappa shape index (κ3) is 2.88. The fourth-order valence-electron chi connectivity index (χ4n) is 2.49. The molecule has 0 atom stereocenters. The highest BCUT2D eigenvalue weighted by atomic mass is 15.4. The van der Waals surface area contributed by atoms with Gasteiger partial charge in [0, 0.05) is 24.1 Å². The highest BCUT2D eigenvalue weighted by Crippen LogP contribution is 2.19. The standard InChI is InChI=1S/C15H21N5/c1-11-14(5-3-8-16-13-6-7-13)12(2)20(19-11)15-17-9-4-10-18-15/h4,9-10,13,16H,3,5-8H2,1-2H3. The first-order valence-corrected chi connectivity index (χ1v) is 7.31. The van der Waals surface area contributed by atoms with Crippen LogP contribution in [-0.4, -0.2) is 32.3 Å². The molecule has 5 nitrogen and oxygen atoms in total. The molecule has 20 heavy (non-hydrogen) atoms. The van der Waals surface area contributed by atoms with Gasteiger partial charge in [-0.25, -0.2) is 14.6 Å². The Morgan fingerprint density at radius 3 is 2.70 bits per heavy atom. The zero-order chi connectivity index (χ0) is 13.9. The van der Waals surface area contributed by atoms with Gasteiger partial charge in [-0.2, -0.15) is 5.10 Å². The number of nitrogens with zero attached hydrogens (tertiary/aromatic N) is 4. The zero-order valence-electron chi connectivity index (χ0n) is 12.1. The molecular weight excluding hydrogens is 250 g/mol. The molecule has 0 unspecified atom stereocenters. The number of hydrogen-bond donors (Lipinski definition) is 1. The zero-order valence-corrected chi connectivity index (χ0v) is 12.1. The van der Waals surface area contributed by atoms with Gasteiger partial charge in [0.15, 0.2) is 0 Å². The van der Waals surface area contributed by atoms with Gasteiger partial charge in [0.25, 0.3) is 5.95 Å². The minimum Gasteiger partial charge on any atom is -0.314 e. The molecule has 0 spiro atoms. The van der Waals surface area contributed by atoms with Crippen molar-refractivity contribution in [2.45, 2.75) is 45.6 Å². The monoisotopic (exact) mass is 271 g/mol. The third-order valence-corrected chi connectivity index (χ3v) is 3.80. The van der Waals surface area contributed by atoms with Crippen LogP contribution in [0.15, 0.2) is 18.5 Å². The number of rotatable bonds is 6. The van der Waals surface area contributed by atoms with E-state index in [1.165, 1.54) is 18.4 Å². The van der Waals surface area contributed by atoms with E-state index in [2.05, 4.69) is 34.2 Å². The Balaban J connectivity index is 1.69. The van der Waals surface area contributed by atoms with E-state index in [1.54, 1.807) is 12.4 Å². The molecule has 106 valence electrons. The summed E-state index contributed by atoms with van der Waals surface area (Å²) in [6.45, 7) is 5.26. The van der Waals surface area contributed by atoms with Crippen LogP contribution in [0.25, 0.3) is 5.95 Å². The predicted octanol–water partition coefficient (Wildman–Crippen LogP) is 1.96. The van der Waals surface area contributed by atoms with Gasteiger partial charge >= 0.3 is 0 Å². The van der Waals surface area contributed by atoms with Gasteiger partial charge in [-0.1, -0.05) is 0 Å². The minimum absolute atomic E-state index is 0.649. The maximum absolute atomic E-state index is 4.58. The second-order valence-corrected chi connectivity index (χ2v) is 5.44. The summed E-state index contributed by atoms with van der Waals surface area (Å²) in [6, 6.07) is 2.61. The van der Waals surface area contributed by atoms with Crippen molar-refractivity contribution in [3.8, 4) is 5.95 Å². The second kappa shape index (κ2) is 5.71. The number of aryl methyl sites for hydroxylation is 1. The van der Waals surface area contributed by atoms with Gasteiger partial charge in [-0.05, 0) is 57.7 Å². The molecular formula is C15H21N5. The predicted molar refractivity (Wildman–Crippen MR) is 78.0 cm³/mol. The van der Waals surface area contributed by atoms with Gasteiger partial charge in [-0.3, -0.25) is 0 Å². The molecule has 0 aliphatic heterocycles. The van der Waals surface area contributed by atoms with Crippen LogP contribution in [0.4, 0.5) is 0 Å². The number of nitrogens with one attached hydrogen (secondary N) is 1. The molecule has 1 aliphatic carbocycles. The van der Waals surface area contributed by atoms with E-state index in [9.17, 15) is 0 Å². The Hall–Kier alpha value is -1.75. The van der Waals surface area contributed by atoms with E-state index in [-0.39, 0.29) is 0 Å². The van der Waals surface area contributed by atoms with Crippen LogP contribution in [0, 0.1) is 13.8 Å². The molecule has 1 saturated carbocycles. The molecule has 1 N–H and O–H groups in total. The van der Waals surface area contributed by atoms with Crippen LogP contribution in [0.3, 0.4) is 0 Å². The molecule has 0 saturated heterocycles. The molecule has 1 fully saturated rings. The normalized spacial score (nSPS) is 14.7. The summed E-state index contributed by atoms with van der Waals surface area (Å²) in [5, 5.41) is 8.13. The van der Waals surface area contributed by atoms with Crippen molar-refractivity contribution < 1.29 is 0 Å². The highest BCUT2D eigenvalue weighted by molar-refractivity contribution is 5.29. The Morgan fingerprint density at radius 1 is 1.25 bits per heavy atom. The maximum Gasteiger partial charge on any atom is 0.250 e. The highest BCUT2D eigenvalue weighted by Gasteiger charge is 2.20. The van der Waals surface area contributed by atoms with E-state index in [0.29, 0.717) is 5.95 Å². The topological polar surface area (TPSA) is 55.6 Å². The summed E-state index contributed by atoms with van der Waals surface area (Å²) in [4.78, 5) is 8.54. The summed E-state index contributed by atoms with van der Waals surface area (Å²) in [5.41, 5.74) is 3.57. The van der Waals surface area contributed by atoms with Crippen LogP contribution in [0.1, 0.15) is 36.2 Å². The van der Waals surface area contributed by atoms with Gasteiger partial charge in [0.1, 0.15) is 0 Å². The van der Waals surface area contributed by atoms with Crippen LogP contribution in [-0.2, 0) is 6.42 Å². The first kappa shape index (κ1) is 13.2. The fraction of sp³-hybridized carbons (Fsp3) is 0.533. The SMILES string of the molecule is Cc1nn(-c2ncccn2)c(C)c1CCCNC1CC1. The first-order chi connectivity index (χ1) is 9.75. The molecule has 2 aromatic heterocycles. The van der Waals surface area contributed by atoms with Crippen molar-refractivity contribution >= 4 is 0 Å². The average Bonchev–Trinajstić information content (AvgIpc) is 3.24. The molecule has 1 aliphatic rings. The number of aromatic nitrogens is 4. The van der Waals surface area contributed by atoms with Crippen molar-refractivity contribution in [2.24, 2.45) is 0 Å².